The first-order chi connectivity index (χ1) is 7.48. The number of carbonyl (C=O) groups is 1. The summed E-state index contributed by atoms with van der Waals surface area (Å²) in [7, 11) is -3.73. The minimum atomic E-state index is -3.73. The number of carboxylic acids is 1. The smallest absolute Gasteiger partial charge is 0.320 e. The van der Waals surface area contributed by atoms with Crippen molar-refractivity contribution < 1.29 is 23.1 Å². The van der Waals surface area contributed by atoms with E-state index < -0.39 is 21.7 Å². The lowest BCUT2D eigenvalue weighted by atomic mass is 10.1. The second kappa shape index (κ2) is 4.31. The number of rotatable bonds is 5. The van der Waals surface area contributed by atoms with Crippen molar-refractivity contribution in [3.8, 4) is 0 Å². The largest absolute Gasteiger partial charge is 0.480 e. The highest BCUT2D eigenvalue weighted by molar-refractivity contribution is 7.90. The molecule has 0 spiro atoms. The fraction of sp³-hybridized carbons (Fsp3) is 0.889. The SMILES string of the molecule is O=C(O)CS(=O)(=O)NC1CCOC1C1CC1. The van der Waals surface area contributed by atoms with E-state index in [9.17, 15) is 13.2 Å². The van der Waals surface area contributed by atoms with E-state index in [-0.39, 0.29) is 12.1 Å². The van der Waals surface area contributed by atoms with Gasteiger partial charge in [-0.05, 0) is 25.2 Å². The number of nitrogens with one attached hydrogen (secondary N) is 1. The van der Waals surface area contributed by atoms with Crippen molar-refractivity contribution in [2.24, 2.45) is 5.92 Å². The average molecular weight is 249 g/mol. The zero-order valence-corrected chi connectivity index (χ0v) is 9.57. The molecular formula is C9H15NO5S. The minimum Gasteiger partial charge on any atom is -0.480 e. The molecule has 92 valence electrons. The Kier molecular flexibility index (Phi) is 3.18. The molecule has 0 aromatic rings. The van der Waals surface area contributed by atoms with Gasteiger partial charge in [-0.25, -0.2) is 13.1 Å². The molecule has 1 aliphatic carbocycles. The Labute approximate surface area is 94.0 Å². The molecule has 2 N–H and O–H groups in total. The van der Waals surface area contributed by atoms with Gasteiger partial charge in [0.1, 0.15) is 0 Å². The van der Waals surface area contributed by atoms with E-state index in [0.717, 1.165) is 12.8 Å². The van der Waals surface area contributed by atoms with Crippen LogP contribution >= 0.6 is 0 Å². The third-order valence-corrected chi connectivity index (χ3v) is 4.16. The van der Waals surface area contributed by atoms with Crippen LogP contribution in [-0.2, 0) is 19.6 Å². The van der Waals surface area contributed by atoms with Gasteiger partial charge in [-0.1, -0.05) is 0 Å². The Bertz CT molecular complexity index is 375. The van der Waals surface area contributed by atoms with Gasteiger partial charge in [0.15, 0.2) is 5.75 Å². The van der Waals surface area contributed by atoms with Crippen LogP contribution in [0.4, 0.5) is 0 Å². The summed E-state index contributed by atoms with van der Waals surface area (Å²) in [6.07, 6.45) is 2.70. The van der Waals surface area contributed by atoms with Crippen LogP contribution in [0, 0.1) is 5.92 Å². The molecule has 7 heteroatoms. The third kappa shape index (κ3) is 2.93. The Morgan fingerprint density at radius 1 is 1.38 bits per heavy atom. The predicted molar refractivity (Wildman–Crippen MR) is 55.4 cm³/mol. The van der Waals surface area contributed by atoms with Gasteiger partial charge in [-0.3, -0.25) is 4.79 Å². The first-order valence-corrected chi connectivity index (χ1v) is 6.96. The van der Waals surface area contributed by atoms with Gasteiger partial charge in [0.05, 0.1) is 12.1 Å². The number of carboxylic acid groups (broad SMARTS) is 1. The van der Waals surface area contributed by atoms with Crippen molar-refractivity contribution >= 4 is 16.0 Å². The molecule has 1 saturated carbocycles. The molecule has 0 bridgehead atoms. The summed E-state index contributed by atoms with van der Waals surface area (Å²) in [5, 5.41) is 8.46. The van der Waals surface area contributed by atoms with E-state index in [4.69, 9.17) is 9.84 Å². The van der Waals surface area contributed by atoms with Gasteiger partial charge in [0, 0.05) is 6.61 Å². The molecule has 2 rings (SSSR count). The molecule has 2 aliphatic rings. The number of sulfonamides is 1. The maximum absolute atomic E-state index is 11.4. The van der Waals surface area contributed by atoms with Crippen LogP contribution in [0.3, 0.4) is 0 Å². The molecule has 2 fully saturated rings. The fourth-order valence-corrected chi connectivity index (χ4v) is 3.18. The van der Waals surface area contributed by atoms with Crippen molar-refractivity contribution in [2.45, 2.75) is 31.4 Å². The maximum atomic E-state index is 11.4. The van der Waals surface area contributed by atoms with E-state index in [1.54, 1.807) is 0 Å². The van der Waals surface area contributed by atoms with Crippen molar-refractivity contribution in [3.63, 3.8) is 0 Å². The number of hydrogen-bond donors (Lipinski definition) is 2. The van der Waals surface area contributed by atoms with Gasteiger partial charge >= 0.3 is 5.97 Å². The number of hydrogen-bond acceptors (Lipinski definition) is 4. The summed E-state index contributed by atoms with van der Waals surface area (Å²) < 4.78 is 30.8. The standard InChI is InChI=1S/C9H15NO5S/c11-8(12)5-16(13,14)10-7-3-4-15-9(7)6-1-2-6/h6-7,9-10H,1-5H2,(H,11,12). The molecule has 2 unspecified atom stereocenters. The fourth-order valence-electron chi connectivity index (χ4n) is 2.06. The van der Waals surface area contributed by atoms with E-state index in [2.05, 4.69) is 4.72 Å². The average Bonchev–Trinajstić information content (AvgIpc) is 2.86. The molecule has 16 heavy (non-hydrogen) atoms. The zero-order valence-electron chi connectivity index (χ0n) is 8.76. The summed E-state index contributed by atoms with van der Waals surface area (Å²) in [4.78, 5) is 10.4. The quantitative estimate of drug-likeness (QED) is 0.689. The summed E-state index contributed by atoms with van der Waals surface area (Å²) >= 11 is 0. The molecule has 1 saturated heterocycles. The highest BCUT2D eigenvalue weighted by Crippen LogP contribution is 2.38. The van der Waals surface area contributed by atoms with E-state index in [0.29, 0.717) is 18.9 Å². The Balaban J connectivity index is 1.95. The molecular weight excluding hydrogens is 234 g/mol. The summed E-state index contributed by atoms with van der Waals surface area (Å²) in [5.41, 5.74) is 0. The lowest BCUT2D eigenvalue weighted by Crippen LogP contribution is -2.43. The second-order valence-corrected chi connectivity index (χ2v) is 6.09. The van der Waals surface area contributed by atoms with Gasteiger partial charge in [0.25, 0.3) is 0 Å². The summed E-state index contributed by atoms with van der Waals surface area (Å²) in [6, 6.07) is -0.253. The van der Waals surface area contributed by atoms with Crippen LogP contribution in [0.2, 0.25) is 0 Å². The molecule has 1 aliphatic heterocycles. The number of aliphatic carboxylic acids is 1. The van der Waals surface area contributed by atoms with Gasteiger partial charge in [0.2, 0.25) is 10.0 Å². The van der Waals surface area contributed by atoms with E-state index >= 15 is 0 Å². The van der Waals surface area contributed by atoms with Crippen LogP contribution in [0.1, 0.15) is 19.3 Å². The molecule has 0 aromatic carbocycles. The van der Waals surface area contributed by atoms with Crippen molar-refractivity contribution in [1.29, 1.82) is 0 Å². The molecule has 6 nitrogen and oxygen atoms in total. The molecule has 1 heterocycles. The van der Waals surface area contributed by atoms with Gasteiger partial charge in [-0.15, -0.1) is 0 Å². The van der Waals surface area contributed by atoms with Crippen molar-refractivity contribution in [1.82, 2.24) is 4.72 Å². The monoisotopic (exact) mass is 249 g/mol. The Morgan fingerprint density at radius 3 is 2.62 bits per heavy atom. The lowest BCUT2D eigenvalue weighted by molar-refractivity contribution is -0.134. The third-order valence-electron chi connectivity index (χ3n) is 2.87. The molecule has 2 atom stereocenters. The predicted octanol–water partition coefficient (Wildman–Crippen LogP) is -0.442. The lowest BCUT2D eigenvalue weighted by Gasteiger charge is -2.18. The van der Waals surface area contributed by atoms with Crippen LogP contribution in [-0.4, -0.2) is 44.0 Å². The van der Waals surface area contributed by atoms with Gasteiger partial charge < -0.3 is 9.84 Å². The highest BCUT2D eigenvalue weighted by atomic mass is 32.2. The maximum Gasteiger partial charge on any atom is 0.320 e. The minimum absolute atomic E-state index is 0.0661. The number of ether oxygens (including phenoxy) is 1. The van der Waals surface area contributed by atoms with Crippen molar-refractivity contribution in [2.75, 3.05) is 12.4 Å². The second-order valence-electron chi connectivity index (χ2n) is 4.34. The van der Waals surface area contributed by atoms with Crippen LogP contribution in [0.25, 0.3) is 0 Å². The first kappa shape index (κ1) is 11.8. The molecule has 0 radical (unpaired) electrons. The topological polar surface area (TPSA) is 92.7 Å². The van der Waals surface area contributed by atoms with Crippen LogP contribution in [0.15, 0.2) is 0 Å². The normalized spacial score (nSPS) is 30.5. The van der Waals surface area contributed by atoms with E-state index in [1.807, 2.05) is 0 Å². The molecule has 0 aromatic heterocycles. The summed E-state index contributed by atoms with van der Waals surface area (Å²) in [6.45, 7) is 0.543. The highest BCUT2D eigenvalue weighted by Gasteiger charge is 2.42. The van der Waals surface area contributed by atoms with Crippen LogP contribution in [0.5, 0.6) is 0 Å². The molecule has 0 amide bonds. The zero-order chi connectivity index (χ0) is 11.8. The Hall–Kier alpha value is -0.660. The van der Waals surface area contributed by atoms with Gasteiger partial charge in [-0.2, -0.15) is 0 Å². The summed E-state index contributed by atoms with van der Waals surface area (Å²) in [5.74, 6) is -1.77. The van der Waals surface area contributed by atoms with Crippen LogP contribution < -0.4 is 4.72 Å². The Morgan fingerprint density at radius 2 is 2.06 bits per heavy atom. The van der Waals surface area contributed by atoms with E-state index in [1.165, 1.54) is 0 Å². The first-order valence-electron chi connectivity index (χ1n) is 5.31. The van der Waals surface area contributed by atoms with Crippen molar-refractivity contribution in [3.05, 3.63) is 0 Å².